The maximum Gasteiger partial charge on any atom is 0.267 e. The lowest BCUT2D eigenvalue weighted by atomic mass is 10.1. The van der Waals surface area contributed by atoms with Gasteiger partial charge in [0, 0.05) is 36.4 Å². The van der Waals surface area contributed by atoms with Crippen molar-refractivity contribution in [2.45, 2.75) is 13.0 Å². The molecule has 1 aromatic heterocycles. The van der Waals surface area contributed by atoms with Crippen LogP contribution in [0.2, 0.25) is 0 Å². The number of H-pyrrole nitrogens is 1. The van der Waals surface area contributed by atoms with E-state index >= 15 is 0 Å². The molecule has 0 atom stereocenters. The minimum Gasteiger partial charge on any atom is -0.387 e. The molecular weight excluding hydrogens is 407 g/mol. The van der Waals surface area contributed by atoms with Crippen molar-refractivity contribution in [1.29, 1.82) is 0 Å². The quantitative estimate of drug-likeness (QED) is 0.169. The molecule has 1 aliphatic rings. The molecule has 0 fully saturated rings. The molecule has 7 heteroatoms. The fraction of sp³-hybridized carbons (Fsp3) is 0.160. The van der Waals surface area contributed by atoms with E-state index in [0.717, 1.165) is 42.2 Å². The van der Waals surface area contributed by atoms with Crippen molar-refractivity contribution in [3.05, 3.63) is 102 Å². The zero-order valence-corrected chi connectivity index (χ0v) is 17.7. The first kappa shape index (κ1) is 23.0. The first-order valence-electron chi connectivity index (χ1n) is 10.3. The molecule has 3 aromatic rings. The Morgan fingerprint density at radius 3 is 2.72 bits per heavy atom. The number of aromatic nitrogens is 1. The van der Waals surface area contributed by atoms with Gasteiger partial charge in [-0.05, 0) is 77.7 Å². The summed E-state index contributed by atoms with van der Waals surface area (Å²) in [4.78, 5) is 14.1. The van der Waals surface area contributed by atoms with Crippen LogP contribution in [0.3, 0.4) is 0 Å². The average Bonchev–Trinajstić information content (AvgIpc) is 3.47. The molecule has 2 aromatic carbocycles. The number of hydroxylamine groups is 1. The highest BCUT2D eigenvalue weighted by molar-refractivity contribution is 5.90. The Kier molecular flexibility index (Phi) is 8.36. The third-order valence-electron chi connectivity index (χ3n) is 4.89. The van der Waals surface area contributed by atoms with Gasteiger partial charge in [-0.3, -0.25) is 10.0 Å². The molecular formula is C25H27FN4O2. The Balaban J connectivity index is 0.000000416. The minimum absolute atomic E-state index is 0.289. The summed E-state index contributed by atoms with van der Waals surface area (Å²) in [5.41, 5.74) is 6.12. The molecule has 166 valence electrons. The van der Waals surface area contributed by atoms with E-state index in [4.69, 9.17) is 5.21 Å². The summed E-state index contributed by atoms with van der Waals surface area (Å²) >= 11 is 0. The van der Waals surface area contributed by atoms with Crippen LogP contribution in [0.5, 0.6) is 0 Å². The second kappa shape index (κ2) is 11.6. The van der Waals surface area contributed by atoms with Crippen LogP contribution in [0.1, 0.15) is 16.7 Å². The van der Waals surface area contributed by atoms with Crippen molar-refractivity contribution in [3.8, 4) is 0 Å². The van der Waals surface area contributed by atoms with Crippen LogP contribution < -0.4 is 16.1 Å². The molecule has 0 unspecified atom stereocenters. The summed E-state index contributed by atoms with van der Waals surface area (Å²) in [6, 6.07) is 13.2. The van der Waals surface area contributed by atoms with Gasteiger partial charge in [0.05, 0.1) is 0 Å². The van der Waals surface area contributed by atoms with Crippen molar-refractivity contribution in [2.75, 3.05) is 13.1 Å². The largest absolute Gasteiger partial charge is 0.387 e. The maximum atomic E-state index is 14.0. The molecule has 6 nitrogen and oxygen atoms in total. The van der Waals surface area contributed by atoms with Gasteiger partial charge < -0.3 is 15.6 Å². The summed E-state index contributed by atoms with van der Waals surface area (Å²) in [6.07, 6.45) is 9.08. The number of carbonyl (C=O) groups excluding carboxylic acids is 1. The van der Waals surface area contributed by atoms with Gasteiger partial charge in [-0.1, -0.05) is 24.8 Å². The monoisotopic (exact) mass is 434 g/mol. The van der Waals surface area contributed by atoms with E-state index in [2.05, 4.69) is 46.5 Å². The van der Waals surface area contributed by atoms with Crippen molar-refractivity contribution >= 4 is 22.9 Å². The summed E-state index contributed by atoms with van der Waals surface area (Å²) in [6.45, 7) is 5.98. The van der Waals surface area contributed by atoms with Gasteiger partial charge in [-0.2, -0.15) is 0 Å². The number of benzene rings is 2. The lowest BCUT2D eigenvalue weighted by Gasteiger charge is -2.07. The molecule has 0 spiro atoms. The van der Waals surface area contributed by atoms with Gasteiger partial charge in [0.1, 0.15) is 5.82 Å². The zero-order chi connectivity index (χ0) is 22.8. The molecule has 0 radical (unpaired) electrons. The van der Waals surface area contributed by atoms with Crippen molar-refractivity contribution in [1.82, 2.24) is 21.1 Å². The van der Waals surface area contributed by atoms with E-state index in [0.29, 0.717) is 6.54 Å². The van der Waals surface area contributed by atoms with Crippen LogP contribution in [0.25, 0.3) is 17.0 Å². The van der Waals surface area contributed by atoms with Crippen LogP contribution in [0, 0.1) is 5.82 Å². The van der Waals surface area contributed by atoms with Crippen LogP contribution in [0.15, 0.2) is 79.2 Å². The Bertz CT molecular complexity index is 1130. The van der Waals surface area contributed by atoms with E-state index in [1.807, 2.05) is 18.5 Å². The summed E-state index contributed by atoms with van der Waals surface area (Å²) in [7, 11) is 0. The number of nitrogens with one attached hydrogen (secondary N) is 4. The van der Waals surface area contributed by atoms with E-state index in [1.165, 1.54) is 28.6 Å². The molecule has 0 bridgehead atoms. The van der Waals surface area contributed by atoms with Crippen molar-refractivity contribution in [3.63, 3.8) is 0 Å². The molecule has 1 amide bonds. The van der Waals surface area contributed by atoms with Gasteiger partial charge in [0.25, 0.3) is 5.91 Å². The lowest BCUT2D eigenvalue weighted by molar-refractivity contribution is -0.124. The number of halogens is 1. The first-order valence-corrected chi connectivity index (χ1v) is 10.3. The van der Waals surface area contributed by atoms with Crippen LogP contribution in [-0.4, -0.2) is 29.2 Å². The Morgan fingerprint density at radius 2 is 2.03 bits per heavy atom. The number of fused-ring (bicyclic) bond motifs is 1. The molecule has 4 rings (SSSR count). The van der Waals surface area contributed by atoms with Gasteiger partial charge in [0.2, 0.25) is 0 Å². The van der Waals surface area contributed by atoms with E-state index in [9.17, 15) is 9.18 Å². The average molecular weight is 435 g/mol. The Morgan fingerprint density at radius 1 is 1.19 bits per heavy atom. The molecule has 2 heterocycles. The van der Waals surface area contributed by atoms with Gasteiger partial charge >= 0.3 is 0 Å². The van der Waals surface area contributed by atoms with E-state index < -0.39 is 11.7 Å². The van der Waals surface area contributed by atoms with E-state index in [1.54, 1.807) is 12.1 Å². The number of amides is 1. The topological polar surface area (TPSA) is 89.2 Å². The smallest absolute Gasteiger partial charge is 0.267 e. The predicted octanol–water partition coefficient (Wildman–Crippen LogP) is 3.82. The molecule has 0 saturated carbocycles. The second-order valence-corrected chi connectivity index (χ2v) is 7.36. The molecule has 0 aliphatic carbocycles. The molecule has 5 N–H and O–H groups in total. The van der Waals surface area contributed by atoms with E-state index in [-0.39, 0.29) is 5.56 Å². The van der Waals surface area contributed by atoms with Crippen LogP contribution in [0.4, 0.5) is 4.39 Å². The highest BCUT2D eigenvalue weighted by atomic mass is 19.1. The molecule has 32 heavy (non-hydrogen) atoms. The molecule has 1 aliphatic heterocycles. The fourth-order valence-electron chi connectivity index (χ4n) is 3.17. The van der Waals surface area contributed by atoms with Crippen molar-refractivity contribution < 1.29 is 14.4 Å². The summed E-state index contributed by atoms with van der Waals surface area (Å²) in [5, 5.41) is 15.9. The minimum atomic E-state index is -0.701. The van der Waals surface area contributed by atoms with Gasteiger partial charge in [-0.25, -0.2) is 9.87 Å². The summed E-state index contributed by atoms with van der Waals surface area (Å²) < 4.78 is 14.0. The van der Waals surface area contributed by atoms with Crippen molar-refractivity contribution in [2.24, 2.45) is 0 Å². The third kappa shape index (κ3) is 6.94. The first-order chi connectivity index (χ1) is 15.5. The maximum absolute atomic E-state index is 14.0. The second-order valence-electron chi connectivity index (χ2n) is 7.36. The predicted molar refractivity (Wildman–Crippen MR) is 125 cm³/mol. The number of aromatic amines is 1. The number of rotatable bonds is 7. The third-order valence-corrected chi connectivity index (χ3v) is 4.89. The van der Waals surface area contributed by atoms with Gasteiger partial charge in [-0.15, -0.1) is 0 Å². The number of carbonyl (C=O) groups is 1. The highest BCUT2D eigenvalue weighted by Gasteiger charge is 2.03. The zero-order valence-electron chi connectivity index (χ0n) is 17.7. The normalized spacial score (nSPS) is 12.6. The highest BCUT2D eigenvalue weighted by Crippen LogP contribution is 2.15. The SMILES string of the molecule is C=C1C=CNC1.O=C(/C=C/c1ccc(CNCCc2ccc3[nH]ccc3c2)cc1F)NO. The summed E-state index contributed by atoms with van der Waals surface area (Å²) in [5.74, 6) is -1.11. The fourth-order valence-corrected chi connectivity index (χ4v) is 3.17. The van der Waals surface area contributed by atoms with Crippen LogP contribution in [-0.2, 0) is 17.8 Å². The van der Waals surface area contributed by atoms with Gasteiger partial charge in [0.15, 0.2) is 0 Å². The van der Waals surface area contributed by atoms with Crippen LogP contribution >= 0.6 is 0 Å². The number of hydrogen-bond donors (Lipinski definition) is 5. The Labute approximate surface area is 186 Å². The Hall–Kier alpha value is -3.68. The standard InChI is InChI=1S/C20H20FN3O2.C5H7N/c21-18-12-15(1-3-16(18)4-6-20(25)24-26)13-22-9-7-14-2-5-19-17(11-14)8-10-23-19;1-5-2-3-6-4-5/h1-6,8,10-12,22-23,26H,7,9,13H2,(H,24,25);2-3,6H,1,4H2/b6-4+;. The molecule has 0 saturated heterocycles. The number of hydrogen-bond acceptors (Lipinski definition) is 4. The lowest BCUT2D eigenvalue weighted by Crippen LogP contribution is -2.16.